The van der Waals surface area contributed by atoms with Crippen molar-refractivity contribution in [2.24, 2.45) is 0 Å². The predicted molar refractivity (Wildman–Crippen MR) is 162 cm³/mol. The fraction of sp³-hybridized carbons (Fsp3) is 0.273. The number of ether oxygens (including phenoxy) is 1. The van der Waals surface area contributed by atoms with E-state index in [4.69, 9.17) is 10.5 Å². The van der Waals surface area contributed by atoms with Crippen molar-refractivity contribution in [1.82, 2.24) is 20.1 Å². The SMILES string of the molecule is CCC(CCNC(C)C)c1cc2cc(C(=O)c3cnn(-c4ccc(Oc5ccccc5F)cc4C)c3N)[nH]c2cc1F. The molecule has 0 aliphatic carbocycles. The van der Waals surface area contributed by atoms with Gasteiger partial charge in [0.2, 0.25) is 5.78 Å². The molecule has 3 aromatic carbocycles. The van der Waals surface area contributed by atoms with E-state index in [1.54, 1.807) is 42.5 Å². The molecule has 1 unspecified atom stereocenters. The van der Waals surface area contributed by atoms with E-state index in [1.807, 2.05) is 13.0 Å². The Bertz CT molecular complexity index is 1740. The predicted octanol–water partition coefficient (Wildman–Crippen LogP) is 7.43. The average molecular weight is 572 g/mol. The number of benzene rings is 3. The first kappa shape index (κ1) is 29.0. The van der Waals surface area contributed by atoms with Crippen molar-refractivity contribution in [3.63, 3.8) is 0 Å². The van der Waals surface area contributed by atoms with Crippen molar-refractivity contribution in [1.29, 1.82) is 0 Å². The fourth-order valence-electron chi connectivity index (χ4n) is 5.19. The minimum Gasteiger partial charge on any atom is -0.454 e. The molecule has 2 heterocycles. The van der Waals surface area contributed by atoms with Gasteiger partial charge >= 0.3 is 0 Å². The molecular weight excluding hydrogens is 536 g/mol. The summed E-state index contributed by atoms with van der Waals surface area (Å²) in [7, 11) is 0. The number of nitrogens with two attached hydrogens (primary N) is 1. The molecule has 5 aromatic rings. The number of rotatable bonds is 11. The van der Waals surface area contributed by atoms with Crippen LogP contribution in [0.4, 0.5) is 14.6 Å². The Morgan fingerprint density at radius 1 is 1.10 bits per heavy atom. The molecule has 0 amide bonds. The number of aromatic amines is 1. The highest BCUT2D eigenvalue weighted by molar-refractivity contribution is 6.12. The summed E-state index contributed by atoms with van der Waals surface area (Å²) < 4.78 is 36.3. The maximum Gasteiger partial charge on any atom is 0.214 e. The fourth-order valence-corrected chi connectivity index (χ4v) is 5.19. The van der Waals surface area contributed by atoms with Crippen LogP contribution < -0.4 is 15.8 Å². The molecule has 0 aliphatic rings. The van der Waals surface area contributed by atoms with Crippen LogP contribution in [0.2, 0.25) is 0 Å². The third-order valence-corrected chi connectivity index (χ3v) is 7.47. The maximum absolute atomic E-state index is 15.2. The van der Waals surface area contributed by atoms with E-state index in [-0.39, 0.29) is 34.6 Å². The zero-order valence-electron chi connectivity index (χ0n) is 24.2. The third kappa shape index (κ3) is 5.92. The molecule has 0 aliphatic heterocycles. The second-order valence-corrected chi connectivity index (χ2v) is 10.8. The Labute approximate surface area is 243 Å². The van der Waals surface area contributed by atoms with Gasteiger partial charge in [-0.1, -0.05) is 32.9 Å². The van der Waals surface area contributed by atoms with Crippen molar-refractivity contribution >= 4 is 22.5 Å². The minimum absolute atomic E-state index is 0.0651. The Morgan fingerprint density at radius 3 is 2.60 bits per heavy atom. The van der Waals surface area contributed by atoms with E-state index in [9.17, 15) is 9.18 Å². The van der Waals surface area contributed by atoms with Crippen molar-refractivity contribution in [2.75, 3.05) is 12.3 Å². The summed E-state index contributed by atoms with van der Waals surface area (Å²) in [5, 5.41) is 8.53. The number of hydrogen-bond donors (Lipinski definition) is 3. The maximum atomic E-state index is 15.2. The van der Waals surface area contributed by atoms with Crippen molar-refractivity contribution in [3.05, 3.63) is 101 Å². The molecule has 42 heavy (non-hydrogen) atoms. The molecule has 5 rings (SSSR count). The Balaban J connectivity index is 1.38. The molecule has 0 bridgehead atoms. The topological polar surface area (TPSA) is 98.0 Å². The number of nitrogens with zero attached hydrogens (tertiary/aromatic N) is 2. The normalized spacial score (nSPS) is 12.3. The lowest BCUT2D eigenvalue weighted by atomic mass is 9.91. The zero-order chi connectivity index (χ0) is 30.0. The molecule has 2 aromatic heterocycles. The van der Waals surface area contributed by atoms with Crippen LogP contribution in [-0.2, 0) is 0 Å². The number of carbonyl (C=O) groups is 1. The molecule has 0 fully saturated rings. The summed E-state index contributed by atoms with van der Waals surface area (Å²) in [5.41, 5.74) is 9.54. The van der Waals surface area contributed by atoms with Gasteiger partial charge in [0, 0.05) is 16.9 Å². The van der Waals surface area contributed by atoms with Crippen LogP contribution in [0.15, 0.2) is 66.9 Å². The van der Waals surface area contributed by atoms with Gasteiger partial charge in [0.25, 0.3) is 0 Å². The number of para-hydroxylation sites is 1. The van der Waals surface area contributed by atoms with Gasteiger partial charge in [0.1, 0.15) is 17.4 Å². The van der Waals surface area contributed by atoms with E-state index >= 15 is 4.39 Å². The van der Waals surface area contributed by atoms with E-state index in [0.29, 0.717) is 34.3 Å². The number of hydrogen-bond acceptors (Lipinski definition) is 5. The number of carbonyl (C=O) groups excluding carboxylic acids is 1. The Hall–Kier alpha value is -4.50. The quantitative estimate of drug-likeness (QED) is 0.143. The summed E-state index contributed by atoms with van der Waals surface area (Å²) >= 11 is 0. The van der Waals surface area contributed by atoms with Crippen LogP contribution >= 0.6 is 0 Å². The first-order valence-electron chi connectivity index (χ1n) is 14.1. The second-order valence-electron chi connectivity index (χ2n) is 10.8. The van der Waals surface area contributed by atoms with E-state index in [1.165, 1.54) is 23.0 Å². The molecule has 7 nitrogen and oxygen atoms in total. The van der Waals surface area contributed by atoms with Gasteiger partial charge in [-0.25, -0.2) is 13.5 Å². The first-order valence-corrected chi connectivity index (χ1v) is 14.1. The number of halogens is 2. The average Bonchev–Trinajstić information content (AvgIpc) is 3.54. The Kier molecular flexibility index (Phi) is 8.40. The van der Waals surface area contributed by atoms with Gasteiger partial charge in [-0.3, -0.25) is 4.79 Å². The lowest BCUT2D eigenvalue weighted by molar-refractivity contribution is 0.103. The van der Waals surface area contributed by atoms with Gasteiger partial charge in [-0.15, -0.1) is 0 Å². The molecule has 0 spiro atoms. The highest BCUT2D eigenvalue weighted by Crippen LogP contribution is 2.32. The second kappa shape index (κ2) is 12.2. The molecule has 0 radical (unpaired) electrons. The van der Waals surface area contributed by atoms with E-state index < -0.39 is 5.82 Å². The number of aryl methyl sites for hydroxylation is 1. The standard InChI is InChI=1S/C33H35F2N5O2/c1-5-21(12-13-37-19(2)3)24-15-22-16-29(39-28(22)17-27(24)35)32(41)25-18-38-40(33(25)36)30-11-10-23(14-20(30)4)42-31-9-7-6-8-26(31)34/h6-11,14-19,21,37,39H,5,12-13,36H2,1-4H3. The number of anilines is 1. The molecular formula is C33H35F2N5O2. The van der Waals surface area contributed by atoms with Crippen LogP contribution in [0.5, 0.6) is 11.5 Å². The lowest BCUT2D eigenvalue weighted by Crippen LogP contribution is -2.25. The summed E-state index contributed by atoms with van der Waals surface area (Å²) in [5.74, 6) is -0.286. The van der Waals surface area contributed by atoms with Crippen molar-refractivity contribution < 1.29 is 18.3 Å². The summed E-state index contributed by atoms with van der Waals surface area (Å²) in [6.45, 7) is 8.88. The number of aromatic nitrogens is 3. The Morgan fingerprint density at radius 2 is 1.88 bits per heavy atom. The van der Waals surface area contributed by atoms with Gasteiger partial charge < -0.3 is 20.8 Å². The van der Waals surface area contributed by atoms with Crippen LogP contribution in [0.1, 0.15) is 66.7 Å². The van der Waals surface area contributed by atoms with Crippen LogP contribution in [0.25, 0.3) is 16.6 Å². The molecule has 0 saturated heterocycles. The molecule has 1 atom stereocenters. The minimum atomic E-state index is -0.459. The van der Waals surface area contributed by atoms with Crippen molar-refractivity contribution in [3.8, 4) is 17.2 Å². The van der Waals surface area contributed by atoms with Gasteiger partial charge in [0.05, 0.1) is 23.1 Å². The molecule has 9 heteroatoms. The molecule has 218 valence electrons. The number of nitrogen functional groups attached to an aromatic ring is 1. The lowest BCUT2D eigenvalue weighted by Gasteiger charge is -2.18. The number of nitrogens with one attached hydrogen (secondary N) is 2. The van der Waals surface area contributed by atoms with Crippen LogP contribution in [0.3, 0.4) is 0 Å². The first-order chi connectivity index (χ1) is 20.2. The summed E-state index contributed by atoms with van der Waals surface area (Å²) in [6.07, 6.45) is 3.05. The van der Waals surface area contributed by atoms with Gasteiger partial charge in [-0.2, -0.15) is 5.10 Å². The van der Waals surface area contributed by atoms with E-state index in [0.717, 1.165) is 30.3 Å². The van der Waals surface area contributed by atoms with Crippen molar-refractivity contribution in [2.45, 2.75) is 52.5 Å². The number of ketones is 1. The largest absolute Gasteiger partial charge is 0.454 e. The van der Waals surface area contributed by atoms with Gasteiger partial charge in [-0.05, 0) is 91.9 Å². The van der Waals surface area contributed by atoms with Crippen LogP contribution in [0, 0.1) is 18.6 Å². The molecule has 0 saturated carbocycles. The van der Waals surface area contributed by atoms with Crippen LogP contribution in [-0.4, -0.2) is 33.1 Å². The number of H-pyrrole nitrogens is 1. The number of fused-ring (bicyclic) bond motifs is 1. The highest BCUT2D eigenvalue weighted by Gasteiger charge is 2.22. The zero-order valence-corrected chi connectivity index (χ0v) is 24.2. The highest BCUT2D eigenvalue weighted by atomic mass is 19.1. The monoisotopic (exact) mass is 571 g/mol. The summed E-state index contributed by atoms with van der Waals surface area (Å²) in [6, 6.07) is 16.7. The smallest absolute Gasteiger partial charge is 0.214 e. The third-order valence-electron chi connectivity index (χ3n) is 7.47. The van der Waals surface area contributed by atoms with Gasteiger partial charge in [0.15, 0.2) is 11.6 Å². The van der Waals surface area contributed by atoms with E-state index in [2.05, 4.69) is 36.2 Å². The summed E-state index contributed by atoms with van der Waals surface area (Å²) in [4.78, 5) is 16.6. The molecule has 4 N–H and O–H groups in total.